The van der Waals surface area contributed by atoms with E-state index in [1.807, 2.05) is 29.6 Å². The summed E-state index contributed by atoms with van der Waals surface area (Å²) in [7, 11) is 0. The molecule has 0 radical (unpaired) electrons. The van der Waals surface area contributed by atoms with Gasteiger partial charge in [0.05, 0.1) is 17.9 Å². The Bertz CT molecular complexity index is 578. The van der Waals surface area contributed by atoms with Gasteiger partial charge in [0, 0.05) is 61.2 Å². The van der Waals surface area contributed by atoms with Gasteiger partial charge in [0.25, 0.3) is 0 Å². The zero-order valence-electron chi connectivity index (χ0n) is 14.4. The van der Waals surface area contributed by atoms with Crippen molar-refractivity contribution in [2.24, 2.45) is 0 Å². The van der Waals surface area contributed by atoms with Crippen molar-refractivity contribution in [1.82, 2.24) is 45.5 Å². The van der Waals surface area contributed by atoms with Gasteiger partial charge in [0.1, 0.15) is 0 Å². The maximum Gasteiger partial charge on any atom is 0.0791 e. The summed E-state index contributed by atoms with van der Waals surface area (Å²) in [5.74, 6) is 0. The van der Waals surface area contributed by atoms with Crippen molar-refractivity contribution in [2.75, 3.05) is 0 Å². The van der Waals surface area contributed by atoms with E-state index in [1.165, 1.54) is 0 Å². The lowest BCUT2D eigenvalue weighted by atomic mass is 10.5. The highest BCUT2D eigenvalue weighted by atomic mass is 32.1. The number of nitrogens with one attached hydrogen (secondary N) is 2. The third-order valence-electron chi connectivity index (χ3n) is 2.13. The van der Waals surface area contributed by atoms with Crippen molar-refractivity contribution in [1.29, 1.82) is 0 Å². The number of H-pyrrole nitrogens is 2. The molecule has 9 nitrogen and oxygen atoms in total. The predicted octanol–water partition coefficient (Wildman–Crippen LogP) is 2.92. The molecule has 2 N–H and O–H groups in total. The number of rotatable bonds is 0. The maximum absolute atomic E-state index is 3.78. The molecule has 0 bridgehead atoms. The standard InChI is InChI=1S/C5H5N.C4H4N2.C3H4N2.C3H3NS.C2H3N3/c1-2-4-6-5-3-1;1-2-6-4-3-5-1;1-2-4-5-3-1;1-2-5-3-4-1;1-2-4-5-3-1/h1-5H;1-4H;1-3H,(H,4,5);1-3H;1-2H,(H,3,4,5). The lowest BCUT2D eigenvalue weighted by molar-refractivity contribution is 0.940. The third-order valence-corrected chi connectivity index (χ3v) is 2.65. The second-order valence-corrected chi connectivity index (χ2v) is 4.77. The topological polar surface area (TPSA) is 122 Å². The lowest BCUT2D eigenvalue weighted by Gasteiger charge is -1.70. The van der Waals surface area contributed by atoms with Crippen LogP contribution >= 0.6 is 11.3 Å². The Morgan fingerprint density at radius 3 is 1.37 bits per heavy atom. The summed E-state index contributed by atoms with van der Waals surface area (Å²) in [6, 6.07) is 7.55. The van der Waals surface area contributed by atoms with E-state index in [1.54, 1.807) is 85.0 Å². The Hall–Kier alpha value is -3.79. The normalized spacial score (nSPS) is 8.00. The molecule has 5 rings (SSSR count). The second kappa shape index (κ2) is 18.5. The molecule has 0 saturated heterocycles. The van der Waals surface area contributed by atoms with Crippen molar-refractivity contribution in [3.8, 4) is 0 Å². The van der Waals surface area contributed by atoms with Crippen LogP contribution in [0.5, 0.6) is 0 Å². The van der Waals surface area contributed by atoms with Crippen molar-refractivity contribution >= 4 is 11.3 Å². The van der Waals surface area contributed by atoms with Gasteiger partial charge in [-0.2, -0.15) is 20.5 Å². The molecular formula is C17H19N9S. The Morgan fingerprint density at radius 2 is 1.19 bits per heavy atom. The minimum Gasteiger partial charge on any atom is -0.286 e. The quantitative estimate of drug-likeness (QED) is 0.423. The van der Waals surface area contributed by atoms with E-state index in [0.29, 0.717) is 0 Å². The maximum atomic E-state index is 3.78. The molecule has 10 heteroatoms. The van der Waals surface area contributed by atoms with Gasteiger partial charge in [-0.1, -0.05) is 6.07 Å². The van der Waals surface area contributed by atoms with Crippen LogP contribution in [0.4, 0.5) is 0 Å². The predicted molar refractivity (Wildman–Crippen MR) is 103 cm³/mol. The molecular weight excluding hydrogens is 362 g/mol. The van der Waals surface area contributed by atoms with Crippen LogP contribution in [0.15, 0.2) is 103 Å². The summed E-state index contributed by atoms with van der Waals surface area (Å²) in [6.07, 6.45) is 18.4. The van der Waals surface area contributed by atoms with Crippen molar-refractivity contribution in [3.63, 3.8) is 0 Å². The number of hydrogen-bond acceptors (Lipinski definition) is 8. The average molecular weight is 381 g/mol. The summed E-state index contributed by atoms with van der Waals surface area (Å²) in [5.41, 5.74) is 1.79. The molecule has 0 aliphatic carbocycles. The van der Waals surface area contributed by atoms with Crippen LogP contribution in [0.25, 0.3) is 0 Å². The third kappa shape index (κ3) is 16.8. The van der Waals surface area contributed by atoms with E-state index in [0.717, 1.165) is 0 Å². The van der Waals surface area contributed by atoms with Crippen LogP contribution in [0.3, 0.4) is 0 Å². The van der Waals surface area contributed by atoms with Gasteiger partial charge in [0.2, 0.25) is 0 Å². The SMILES string of the molecule is c1ccncc1.c1cn[nH]c1.c1cn[nH]n1.c1cnccn1.c1cscn1. The molecule has 0 spiro atoms. The van der Waals surface area contributed by atoms with Crippen LogP contribution in [0.1, 0.15) is 0 Å². The van der Waals surface area contributed by atoms with Gasteiger partial charge in [-0.15, -0.1) is 11.3 Å². The summed E-state index contributed by atoms with van der Waals surface area (Å²) in [5, 5.41) is 17.5. The number of hydrogen-bond donors (Lipinski definition) is 2. The highest BCUT2D eigenvalue weighted by molar-refractivity contribution is 7.07. The number of aromatic nitrogens is 9. The van der Waals surface area contributed by atoms with E-state index in [9.17, 15) is 0 Å². The molecule has 27 heavy (non-hydrogen) atoms. The lowest BCUT2D eigenvalue weighted by Crippen LogP contribution is -1.66. The molecule has 0 fully saturated rings. The highest BCUT2D eigenvalue weighted by Gasteiger charge is 1.60. The number of nitrogens with zero attached hydrogens (tertiary/aromatic N) is 7. The Kier molecular flexibility index (Phi) is 14.6. The molecule has 0 atom stereocenters. The largest absolute Gasteiger partial charge is 0.286 e. The first-order valence-corrected chi connectivity index (χ1v) is 8.55. The Morgan fingerprint density at radius 1 is 0.519 bits per heavy atom. The van der Waals surface area contributed by atoms with Gasteiger partial charge < -0.3 is 0 Å². The van der Waals surface area contributed by atoms with Crippen molar-refractivity contribution in [2.45, 2.75) is 0 Å². The minimum absolute atomic E-state index is 1.58. The first-order valence-electron chi connectivity index (χ1n) is 7.60. The number of thiazole rings is 1. The van der Waals surface area contributed by atoms with E-state index >= 15 is 0 Å². The fourth-order valence-corrected chi connectivity index (χ4v) is 1.47. The molecule has 0 aromatic carbocycles. The van der Waals surface area contributed by atoms with Crippen LogP contribution in [0.2, 0.25) is 0 Å². The Balaban J connectivity index is 0.000000169. The molecule has 5 aromatic heterocycles. The first kappa shape index (κ1) is 21.3. The van der Waals surface area contributed by atoms with Gasteiger partial charge >= 0.3 is 0 Å². The van der Waals surface area contributed by atoms with Gasteiger partial charge in [-0.25, -0.2) is 0 Å². The average Bonchev–Trinajstić information content (AvgIpc) is 3.58. The monoisotopic (exact) mass is 381 g/mol. The van der Waals surface area contributed by atoms with Gasteiger partial charge in [0.15, 0.2) is 0 Å². The van der Waals surface area contributed by atoms with E-state index in [2.05, 4.69) is 45.5 Å². The first-order chi connectivity index (χ1) is 13.5. The summed E-state index contributed by atoms with van der Waals surface area (Å²) < 4.78 is 0. The Labute approximate surface area is 160 Å². The van der Waals surface area contributed by atoms with Crippen LogP contribution in [-0.4, -0.2) is 45.5 Å². The number of aromatic amines is 2. The molecule has 138 valence electrons. The fourth-order valence-electron chi connectivity index (χ4n) is 1.12. The van der Waals surface area contributed by atoms with Crippen LogP contribution in [-0.2, 0) is 0 Å². The highest BCUT2D eigenvalue weighted by Crippen LogP contribution is 1.85. The second-order valence-electron chi connectivity index (χ2n) is 4.02. The summed E-state index contributed by atoms with van der Waals surface area (Å²) in [6.45, 7) is 0. The van der Waals surface area contributed by atoms with Crippen LogP contribution in [0, 0.1) is 0 Å². The number of pyridine rings is 1. The zero-order chi connectivity index (χ0) is 19.1. The molecule has 0 aliphatic rings. The summed E-state index contributed by atoms with van der Waals surface area (Å²) >= 11 is 1.60. The molecule has 0 amide bonds. The van der Waals surface area contributed by atoms with E-state index < -0.39 is 0 Å². The smallest absolute Gasteiger partial charge is 0.0791 e. The van der Waals surface area contributed by atoms with E-state index in [4.69, 9.17) is 0 Å². The van der Waals surface area contributed by atoms with Crippen LogP contribution < -0.4 is 0 Å². The van der Waals surface area contributed by atoms with Gasteiger partial charge in [-0.3, -0.25) is 25.0 Å². The zero-order valence-corrected chi connectivity index (χ0v) is 15.2. The fraction of sp³-hybridized carbons (Fsp3) is 0. The molecule has 5 aromatic rings. The molecule has 0 saturated carbocycles. The van der Waals surface area contributed by atoms with Crippen molar-refractivity contribution in [3.05, 3.63) is 103 Å². The van der Waals surface area contributed by atoms with Gasteiger partial charge in [-0.05, 0) is 18.2 Å². The molecule has 5 heterocycles. The summed E-state index contributed by atoms with van der Waals surface area (Å²) in [4.78, 5) is 15.0. The van der Waals surface area contributed by atoms with E-state index in [-0.39, 0.29) is 0 Å². The van der Waals surface area contributed by atoms with Crippen molar-refractivity contribution < 1.29 is 0 Å². The minimum atomic E-state index is 1.58. The molecule has 0 aliphatic heterocycles. The molecule has 0 unspecified atom stereocenters.